The monoisotopic (exact) mass is 472 g/mol. The maximum atomic E-state index is 11.3. The Morgan fingerprint density at radius 3 is 2.18 bits per heavy atom. The molecular formula is C21H33BO11. The molecule has 5 heterocycles. The molecule has 0 aromatic carbocycles. The van der Waals surface area contributed by atoms with Crippen LogP contribution in [0.5, 0.6) is 0 Å². The zero-order valence-electron chi connectivity index (χ0n) is 19.9. The van der Waals surface area contributed by atoms with E-state index in [0.29, 0.717) is 6.32 Å². The molecule has 5 rings (SSSR count). The summed E-state index contributed by atoms with van der Waals surface area (Å²) in [4.78, 5) is 11.3. The summed E-state index contributed by atoms with van der Waals surface area (Å²) < 4.78 is 59.7. The first-order valence-corrected chi connectivity index (χ1v) is 11.6. The summed E-state index contributed by atoms with van der Waals surface area (Å²) in [7, 11) is -0.357. The van der Waals surface area contributed by atoms with Gasteiger partial charge in [0.05, 0.1) is 6.61 Å². The van der Waals surface area contributed by atoms with Crippen LogP contribution >= 0.6 is 0 Å². The van der Waals surface area contributed by atoms with Crippen molar-refractivity contribution in [3.63, 3.8) is 0 Å². The second-order valence-corrected chi connectivity index (χ2v) is 9.93. The lowest BCUT2D eigenvalue weighted by Gasteiger charge is -2.37. The van der Waals surface area contributed by atoms with Crippen LogP contribution in [0.15, 0.2) is 0 Å². The minimum absolute atomic E-state index is 0.0654. The molecule has 0 aromatic heterocycles. The Morgan fingerprint density at radius 2 is 1.45 bits per heavy atom. The topological polar surface area (TPSA) is 109 Å². The van der Waals surface area contributed by atoms with Gasteiger partial charge in [-0.3, -0.25) is 4.79 Å². The minimum Gasteiger partial charge on any atom is -0.463 e. The highest BCUT2D eigenvalue weighted by Crippen LogP contribution is 2.44. The molecule has 5 saturated heterocycles. The van der Waals surface area contributed by atoms with Crippen LogP contribution in [0.25, 0.3) is 0 Å². The molecule has 0 aliphatic carbocycles. The van der Waals surface area contributed by atoms with Crippen LogP contribution in [0.3, 0.4) is 0 Å². The number of hydrogen-bond acceptors (Lipinski definition) is 11. The Labute approximate surface area is 193 Å². The van der Waals surface area contributed by atoms with Gasteiger partial charge in [0.25, 0.3) is 0 Å². The number of ether oxygens (including phenoxy) is 8. The molecule has 186 valence electrons. The van der Waals surface area contributed by atoms with Crippen LogP contribution in [0.1, 0.15) is 41.5 Å². The van der Waals surface area contributed by atoms with Gasteiger partial charge in [-0.25, -0.2) is 0 Å². The predicted molar refractivity (Wildman–Crippen MR) is 110 cm³/mol. The molecule has 0 N–H and O–H groups in total. The quantitative estimate of drug-likeness (QED) is 0.408. The molecule has 0 saturated carbocycles. The molecule has 0 aromatic rings. The van der Waals surface area contributed by atoms with E-state index in [9.17, 15) is 4.79 Å². The fraction of sp³-hybridized carbons (Fsp3) is 0.952. The Morgan fingerprint density at radius 1 is 0.818 bits per heavy atom. The molecule has 5 fully saturated rings. The van der Waals surface area contributed by atoms with Gasteiger partial charge < -0.3 is 47.2 Å². The fourth-order valence-corrected chi connectivity index (χ4v) is 5.06. The summed E-state index contributed by atoms with van der Waals surface area (Å²) in [6, 6.07) is 0. The number of hydrogen-bond donors (Lipinski definition) is 0. The summed E-state index contributed by atoms with van der Waals surface area (Å²) in [6.07, 6.45) is -3.58. The van der Waals surface area contributed by atoms with E-state index in [4.69, 9.17) is 47.2 Å². The lowest BCUT2D eigenvalue weighted by Crippen LogP contribution is -2.56. The summed E-state index contributed by atoms with van der Waals surface area (Å²) in [5.74, 6) is -1.96. The highest BCUT2D eigenvalue weighted by Gasteiger charge is 2.61. The minimum atomic E-state index is -0.790. The third-order valence-electron chi connectivity index (χ3n) is 6.35. The van der Waals surface area contributed by atoms with Crippen LogP contribution < -0.4 is 0 Å². The average Bonchev–Trinajstić information content (AvgIpc) is 3.43. The van der Waals surface area contributed by atoms with Crippen molar-refractivity contribution in [2.75, 3.05) is 13.2 Å². The second-order valence-electron chi connectivity index (χ2n) is 9.93. The van der Waals surface area contributed by atoms with Gasteiger partial charge in [-0.1, -0.05) is 6.92 Å². The van der Waals surface area contributed by atoms with E-state index in [1.807, 2.05) is 34.6 Å². The molecule has 5 aliphatic rings. The Hall–Kier alpha value is -0.825. The van der Waals surface area contributed by atoms with Crippen LogP contribution in [-0.2, 0) is 52.0 Å². The summed E-state index contributed by atoms with van der Waals surface area (Å²) in [5.41, 5.74) is 0. The van der Waals surface area contributed by atoms with E-state index in [-0.39, 0.29) is 38.5 Å². The maximum Gasteiger partial charge on any atom is 0.457 e. The molecular weight excluding hydrogens is 439 g/mol. The van der Waals surface area contributed by atoms with Gasteiger partial charge in [0.15, 0.2) is 24.2 Å². The number of esters is 1. The van der Waals surface area contributed by atoms with E-state index in [0.717, 1.165) is 0 Å². The largest absolute Gasteiger partial charge is 0.463 e. The van der Waals surface area contributed by atoms with E-state index in [1.165, 1.54) is 6.92 Å². The smallest absolute Gasteiger partial charge is 0.457 e. The third kappa shape index (κ3) is 4.70. The van der Waals surface area contributed by atoms with Crippen molar-refractivity contribution in [1.82, 2.24) is 0 Å². The van der Waals surface area contributed by atoms with Crippen molar-refractivity contribution >= 4 is 13.1 Å². The molecule has 0 bridgehead atoms. The van der Waals surface area contributed by atoms with Crippen LogP contribution in [0, 0.1) is 0 Å². The maximum absolute atomic E-state index is 11.3. The van der Waals surface area contributed by atoms with Crippen LogP contribution in [0.4, 0.5) is 0 Å². The molecule has 0 radical (unpaired) electrons. The second kappa shape index (κ2) is 8.68. The first-order valence-electron chi connectivity index (χ1n) is 11.6. The summed E-state index contributed by atoms with van der Waals surface area (Å²) in [5, 5.41) is 0. The van der Waals surface area contributed by atoms with Crippen molar-refractivity contribution in [3.05, 3.63) is 0 Å². The first kappa shape index (κ1) is 23.9. The molecule has 12 heteroatoms. The van der Waals surface area contributed by atoms with Gasteiger partial charge in [0, 0.05) is 6.92 Å². The molecule has 5 aliphatic heterocycles. The number of fused-ring (bicyclic) bond motifs is 4. The number of rotatable bonds is 6. The van der Waals surface area contributed by atoms with Crippen LogP contribution in [0.2, 0.25) is 6.32 Å². The van der Waals surface area contributed by atoms with Gasteiger partial charge in [0.1, 0.15) is 49.3 Å². The zero-order chi connectivity index (χ0) is 23.5. The Balaban J connectivity index is 1.26. The predicted octanol–water partition coefficient (Wildman–Crippen LogP) is 0.980. The molecule has 0 unspecified atom stereocenters. The van der Waals surface area contributed by atoms with Crippen LogP contribution in [-0.4, -0.2) is 93.2 Å². The highest BCUT2D eigenvalue weighted by molar-refractivity contribution is 6.45. The van der Waals surface area contributed by atoms with Gasteiger partial charge in [0.2, 0.25) is 0 Å². The average molecular weight is 472 g/mol. The third-order valence-corrected chi connectivity index (χ3v) is 6.35. The van der Waals surface area contributed by atoms with Gasteiger partial charge >= 0.3 is 13.1 Å². The molecule has 0 spiro atoms. The van der Waals surface area contributed by atoms with Gasteiger partial charge in [-0.05, 0) is 34.0 Å². The van der Waals surface area contributed by atoms with Crippen molar-refractivity contribution in [2.45, 2.75) is 115 Å². The van der Waals surface area contributed by atoms with Crippen molar-refractivity contribution in [2.24, 2.45) is 0 Å². The lowest BCUT2D eigenvalue weighted by molar-refractivity contribution is -0.259. The van der Waals surface area contributed by atoms with E-state index >= 15 is 0 Å². The van der Waals surface area contributed by atoms with Crippen molar-refractivity contribution in [3.8, 4) is 0 Å². The first-order chi connectivity index (χ1) is 15.5. The standard InChI is InChI=1S/C21H33BO11/c1-7-22-32-14-12(8-24-10(2)23)26-18(17(14)33-22)25-9-11-13-15(29-20(3,4)28-13)16-19(27-11)31-21(5,6)30-16/h11-19H,7-9H2,1-6H3/t11-,12-,13+,14+,15+,16-,17-,18+,19-/m1/s1. The normalized spacial score (nSPS) is 45.0. The van der Waals surface area contributed by atoms with Gasteiger partial charge in [-0.15, -0.1) is 0 Å². The van der Waals surface area contributed by atoms with Crippen molar-refractivity contribution < 1.29 is 52.0 Å². The molecule has 9 atom stereocenters. The van der Waals surface area contributed by atoms with Crippen molar-refractivity contribution in [1.29, 1.82) is 0 Å². The number of carbonyl (C=O) groups is 1. The fourth-order valence-electron chi connectivity index (χ4n) is 5.06. The molecule has 0 amide bonds. The summed E-state index contributed by atoms with van der Waals surface area (Å²) >= 11 is 0. The van der Waals surface area contributed by atoms with E-state index < -0.39 is 54.7 Å². The zero-order valence-corrected chi connectivity index (χ0v) is 19.9. The number of carbonyl (C=O) groups excluding carboxylic acids is 1. The highest BCUT2D eigenvalue weighted by atomic mass is 16.9. The lowest BCUT2D eigenvalue weighted by atomic mass is 9.87. The van der Waals surface area contributed by atoms with Gasteiger partial charge in [-0.2, -0.15) is 0 Å². The molecule has 11 nitrogen and oxygen atoms in total. The van der Waals surface area contributed by atoms with E-state index in [2.05, 4.69) is 0 Å². The van der Waals surface area contributed by atoms with E-state index in [1.54, 1.807) is 0 Å². The Kier molecular flexibility index (Phi) is 6.29. The molecule has 33 heavy (non-hydrogen) atoms. The summed E-state index contributed by atoms with van der Waals surface area (Å²) in [6.45, 7) is 10.9. The Bertz CT molecular complexity index is 748. The SMILES string of the molecule is CCB1O[C@@H]2[C@@H](O1)[C@@H](OC[C@H]1O[C@@H]3OC(C)(C)O[C@@H]3[C@H]3OC(C)(C)O[C@H]31)O[C@@H]2COC(C)=O.